The highest BCUT2D eigenvalue weighted by molar-refractivity contribution is 5.44. The van der Waals surface area contributed by atoms with E-state index < -0.39 is 41.1 Å². The summed E-state index contributed by atoms with van der Waals surface area (Å²) in [5.74, 6) is -6.65. The van der Waals surface area contributed by atoms with Gasteiger partial charge in [-0.2, -0.15) is 5.11 Å². The highest BCUT2D eigenvalue weighted by Gasteiger charge is 2.24. The number of nitrogens with zero attached hydrogens (tertiary/aromatic N) is 2. The number of aliphatic hydroxyl groups excluding tert-OH is 1. The van der Waals surface area contributed by atoms with Gasteiger partial charge < -0.3 is 5.11 Å². The Morgan fingerprint density at radius 2 is 1.50 bits per heavy atom. The second kappa shape index (κ2) is 5.02. The highest BCUT2D eigenvalue weighted by atomic mass is 19.2. The molecule has 7 heteroatoms. The SMILES string of the molecule is CCN=Nc1c(F)c(F)c(CO)c(F)c1F. The summed E-state index contributed by atoms with van der Waals surface area (Å²) in [6, 6.07) is 0. The van der Waals surface area contributed by atoms with Crippen LogP contribution in [0.1, 0.15) is 12.5 Å². The van der Waals surface area contributed by atoms with Gasteiger partial charge in [0.1, 0.15) is 0 Å². The number of azo groups is 1. The van der Waals surface area contributed by atoms with Crippen LogP contribution in [0.2, 0.25) is 0 Å². The minimum atomic E-state index is -1.67. The third-order valence-corrected chi connectivity index (χ3v) is 1.80. The molecule has 0 aliphatic rings. The molecule has 0 amide bonds. The Balaban J connectivity index is 3.47. The molecule has 0 saturated heterocycles. The summed E-state index contributed by atoms with van der Waals surface area (Å²) in [6.45, 7) is 0.509. The Kier molecular flexibility index (Phi) is 3.94. The standard InChI is InChI=1S/C9H8F4N2O/c1-2-14-15-9-7(12)5(10)4(3-16)6(11)8(9)13/h16H,2-3H2,1H3. The molecule has 1 aromatic carbocycles. The van der Waals surface area contributed by atoms with Gasteiger partial charge in [0.05, 0.1) is 18.7 Å². The molecule has 1 aromatic rings. The number of halogens is 4. The van der Waals surface area contributed by atoms with Crippen molar-refractivity contribution in [1.29, 1.82) is 0 Å². The summed E-state index contributed by atoms with van der Waals surface area (Å²) in [5, 5.41) is 14.8. The molecule has 0 fully saturated rings. The van der Waals surface area contributed by atoms with Crippen LogP contribution in [0.3, 0.4) is 0 Å². The highest BCUT2D eigenvalue weighted by Crippen LogP contribution is 2.30. The predicted molar refractivity (Wildman–Crippen MR) is 47.3 cm³/mol. The Morgan fingerprint density at radius 1 is 1.00 bits per heavy atom. The van der Waals surface area contributed by atoms with Crippen LogP contribution in [0.5, 0.6) is 0 Å². The molecule has 0 atom stereocenters. The number of hydrogen-bond donors (Lipinski definition) is 1. The van der Waals surface area contributed by atoms with Crippen LogP contribution in [-0.4, -0.2) is 11.7 Å². The van der Waals surface area contributed by atoms with Gasteiger partial charge in [-0.25, -0.2) is 17.6 Å². The lowest BCUT2D eigenvalue weighted by molar-refractivity contribution is 0.263. The molecule has 0 bridgehead atoms. The van der Waals surface area contributed by atoms with E-state index in [2.05, 4.69) is 10.2 Å². The number of rotatable bonds is 3. The molecule has 88 valence electrons. The molecule has 1 rings (SSSR count). The summed E-state index contributed by atoms with van der Waals surface area (Å²) < 4.78 is 52.5. The first-order valence-corrected chi connectivity index (χ1v) is 4.37. The molecule has 0 spiro atoms. The maximum absolute atomic E-state index is 13.2. The Labute approximate surface area is 88.4 Å². The van der Waals surface area contributed by atoms with Crippen LogP contribution >= 0.6 is 0 Å². The van der Waals surface area contributed by atoms with Crippen LogP contribution in [0.25, 0.3) is 0 Å². The average Bonchev–Trinajstić information content (AvgIpc) is 2.27. The quantitative estimate of drug-likeness (QED) is 0.489. The fraction of sp³-hybridized carbons (Fsp3) is 0.333. The van der Waals surface area contributed by atoms with Crippen molar-refractivity contribution in [3.63, 3.8) is 0 Å². The molecule has 0 radical (unpaired) electrons. The van der Waals surface area contributed by atoms with Gasteiger partial charge >= 0.3 is 0 Å². The first-order chi connectivity index (χ1) is 7.54. The van der Waals surface area contributed by atoms with Crippen molar-refractivity contribution in [1.82, 2.24) is 0 Å². The van der Waals surface area contributed by atoms with Crippen molar-refractivity contribution in [2.24, 2.45) is 10.2 Å². The number of aliphatic hydroxyl groups is 1. The monoisotopic (exact) mass is 236 g/mol. The molecule has 1 N–H and O–H groups in total. The van der Waals surface area contributed by atoms with Crippen molar-refractivity contribution in [2.45, 2.75) is 13.5 Å². The van der Waals surface area contributed by atoms with Crippen LogP contribution in [0, 0.1) is 23.3 Å². The predicted octanol–water partition coefficient (Wildman–Crippen LogP) is 2.84. The fourth-order valence-electron chi connectivity index (χ4n) is 1.03. The first kappa shape index (κ1) is 12.6. The second-order valence-electron chi connectivity index (χ2n) is 2.80. The van der Waals surface area contributed by atoms with Gasteiger partial charge in [-0.3, -0.25) is 0 Å². The van der Waals surface area contributed by atoms with Crippen LogP contribution in [0.4, 0.5) is 23.2 Å². The zero-order valence-corrected chi connectivity index (χ0v) is 8.27. The maximum Gasteiger partial charge on any atom is 0.189 e. The van der Waals surface area contributed by atoms with Gasteiger partial charge in [0.15, 0.2) is 29.0 Å². The molecular weight excluding hydrogens is 228 g/mol. The van der Waals surface area contributed by atoms with E-state index in [9.17, 15) is 17.6 Å². The third kappa shape index (κ3) is 2.04. The van der Waals surface area contributed by atoms with Crippen molar-refractivity contribution in [3.8, 4) is 0 Å². The van der Waals surface area contributed by atoms with E-state index in [4.69, 9.17) is 5.11 Å². The molecule has 0 unspecified atom stereocenters. The lowest BCUT2D eigenvalue weighted by Crippen LogP contribution is -2.03. The molecule has 0 aliphatic carbocycles. The summed E-state index contributed by atoms with van der Waals surface area (Å²) in [6.07, 6.45) is 0. The lowest BCUT2D eigenvalue weighted by Gasteiger charge is -2.06. The van der Waals surface area contributed by atoms with Gasteiger partial charge in [-0.15, -0.1) is 5.11 Å². The molecule has 0 aliphatic heterocycles. The second-order valence-corrected chi connectivity index (χ2v) is 2.80. The Hall–Kier alpha value is -1.50. The van der Waals surface area contributed by atoms with E-state index >= 15 is 0 Å². The van der Waals surface area contributed by atoms with Gasteiger partial charge in [0.2, 0.25) is 0 Å². The summed E-state index contributed by atoms with van der Waals surface area (Å²) in [7, 11) is 0. The normalized spacial score (nSPS) is 11.4. The lowest BCUT2D eigenvalue weighted by atomic mass is 10.1. The van der Waals surface area contributed by atoms with E-state index in [1.807, 2.05) is 0 Å². The van der Waals surface area contributed by atoms with Crippen LogP contribution in [-0.2, 0) is 6.61 Å². The van der Waals surface area contributed by atoms with E-state index in [0.717, 1.165) is 0 Å². The first-order valence-electron chi connectivity index (χ1n) is 4.37. The van der Waals surface area contributed by atoms with Gasteiger partial charge in [0.25, 0.3) is 0 Å². The van der Waals surface area contributed by atoms with E-state index in [-0.39, 0.29) is 6.54 Å². The average molecular weight is 236 g/mol. The van der Waals surface area contributed by atoms with Crippen molar-refractivity contribution in [3.05, 3.63) is 28.8 Å². The number of benzene rings is 1. The third-order valence-electron chi connectivity index (χ3n) is 1.80. The number of hydrogen-bond acceptors (Lipinski definition) is 3. The van der Waals surface area contributed by atoms with Gasteiger partial charge in [0, 0.05) is 0 Å². The largest absolute Gasteiger partial charge is 0.391 e. The van der Waals surface area contributed by atoms with E-state index in [1.54, 1.807) is 0 Å². The Morgan fingerprint density at radius 3 is 1.88 bits per heavy atom. The van der Waals surface area contributed by atoms with E-state index in [1.165, 1.54) is 6.92 Å². The molecule has 16 heavy (non-hydrogen) atoms. The maximum atomic E-state index is 13.2. The summed E-state index contributed by atoms with van der Waals surface area (Å²) in [5.41, 5.74) is -2.19. The van der Waals surface area contributed by atoms with Gasteiger partial charge in [-0.05, 0) is 6.92 Å². The minimum Gasteiger partial charge on any atom is -0.391 e. The minimum absolute atomic E-state index is 0.115. The summed E-state index contributed by atoms with van der Waals surface area (Å²) in [4.78, 5) is 0. The fourth-order valence-corrected chi connectivity index (χ4v) is 1.03. The zero-order valence-electron chi connectivity index (χ0n) is 8.27. The molecule has 0 saturated carbocycles. The van der Waals surface area contributed by atoms with Crippen LogP contribution in [0.15, 0.2) is 10.2 Å². The smallest absolute Gasteiger partial charge is 0.189 e. The molecule has 0 aromatic heterocycles. The summed E-state index contributed by atoms with van der Waals surface area (Å²) >= 11 is 0. The topological polar surface area (TPSA) is 45.0 Å². The molecular formula is C9H8F4N2O. The van der Waals surface area contributed by atoms with Crippen molar-refractivity contribution >= 4 is 5.69 Å². The van der Waals surface area contributed by atoms with Crippen molar-refractivity contribution in [2.75, 3.05) is 6.54 Å². The van der Waals surface area contributed by atoms with Gasteiger partial charge in [-0.1, -0.05) is 0 Å². The van der Waals surface area contributed by atoms with E-state index in [0.29, 0.717) is 0 Å². The zero-order chi connectivity index (χ0) is 12.3. The molecule has 3 nitrogen and oxygen atoms in total. The van der Waals surface area contributed by atoms with Crippen LogP contribution < -0.4 is 0 Å². The van der Waals surface area contributed by atoms with Crippen molar-refractivity contribution < 1.29 is 22.7 Å². The molecule has 0 heterocycles. The Bertz CT molecular complexity index is 405.